The lowest BCUT2D eigenvalue weighted by molar-refractivity contribution is 0.818. The van der Waals surface area contributed by atoms with E-state index in [-0.39, 0.29) is 0 Å². The first-order valence-corrected chi connectivity index (χ1v) is 6.54. The zero-order chi connectivity index (χ0) is 13.4. The van der Waals surface area contributed by atoms with E-state index in [0.29, 0.717) is 17.9 Å². The van der Waals surface area contributed by atoms with Crippen molar-refractivity contribution in [3.05, 3.63) is 0 Å². The summed E-state index contributed by atoms with van der Waals surface area (Å²) in [5.41, 5.74) is 0. The maximum Gasteiger partial charge on any atom is 0.243 e. The standard InChI is InChI=1S/C12H15N7/c1-4-7-13-10-15-8(5-2)17-12-18-9(6-3)16-11(14-7)19(10)12/h4-6H2,1-3H3. The van der Waals surface area contributed by atoms with E-state index in [2.05, 4.69) is 30.0 Å². The summed E-state index contributed by atoms with van der Waals surface area (Å²) in [5, 5.41) is 0. The molecule has 7 heteroatoms. The normalized spacial score (nSPS) is 20.7. The minimum Gasteiger partial charge on any atom is -0.213 e. The fourth-order valence-corrected chi connectivity index (χ4v) is 1.89. The van der Waals surface area contributed by atoms with Crippen molar-refractivity contribution in [1.82, 2.24) is 4.90 Å². The smallest absolute Gasteiger partial charge is 0.213 e. The van der Waals surface area contributed by atoms with Crippen molar-refractivity contribution in [3.8, 4) is 0 Å². The molecule has 0 amide bonds. The summed E-state index contributed by atoms with van der Waals surface area (Å²) < 4.78 is 0. The number of hydrogen-bond donors (Lipinski definition) is 0. The molecule has 0 unspecified atom stereocenters. The van der Waals surface area contributed by atoms with Crippen molar-refractivity contribution in [2.24, 2.45) is 30.0 Å². The molecule has 0 spiro atoms. The first-order chi connectivity index (χ1) is 9.25. The van der Waals surface area contributed by atoms with Gasteiger partial charge in [0.15, 0.2) is 0 Å². The summed E-state index contributed by atoms with van der Waals surface area (Å²) in [6.07, 6.45) is 2.25. The number of hydrogen-bond acceptors (Lipinski definition) is 7. The van der Waals surface area contributed by atoms with Crippen molar-refractivity contribution in [3.63, 3.8) is 0 Å². The van der Waals surface area contributed by atoms with Crippen molar-refractivity contribution in [2.75, 3.05) is 0 Å². The molecule has 98 valence electrons. The second kappa shape index (κ2) is 4.49. The SMILES string of the molecule is CCC1=NC2=NC(CC)=NC3=NC(CC)=NC(=N1)N23. The van der Waals surface area contributed by atoms with Crippen LogP contribution in [-0.2, 0) is 0 Å². The van der Waals surface area contributed by atoms with Crippen LogP contribution in [0.2, 0.25) is 0 Å². The Kier molecular flexibility index (Phi) is 2.81. The molecule has 7 nitrogen and oxygen atoms in total. The van der Waals surface area contributed by atoms with Crippen LogP contribution in [0.5, 0.6) is 0 Å². The first-order valence-electron chi connectivity index (χ1n) is 6.54. The maximum absolute atomic E-state index is 4.43. The van der Waals surface area contributed by atoms with Crippen LogP contribution in [0.4, 0.5) is 0 Å². The molecule has 0 saturated heterocycles. The van der Waals surface area contributed by atoms with Gasteiger partial charge < -0.3 is 0 Å². The molecule has 0 aromatic rings. The second-order valence-corrected chi connectivity index (χ2v) is 4.22. The third kappa shape index (κ3) is 1.91. The quantitative estimate of drug-likeness (QED) is 0.759. The van der Waals surface area contributed by atoms with Crippen LogP contribution in [0.3, 0.4) is 0 Å². The van der Waals surface area contributed by atoms with Crippen LogP contribution >= 0.6 is 0 Å². The predicted molar refractivity (Wildman–Crippen MR) is 77.3 cm³/mol. The highest BCUT2D eigenvalue weighted by molar-refractivity contribution is 6.30. The highest BCUT2D eigenvalue weighted by atomic mass is 15.5. The van der Waals surface area contributed by atoms with Crippen LogP contribution in [0.25, 0.3) is 0 Å². The van der Waals surface area contributed by atoms with E-state index in [4.69, 9.17) is 0 Å². The van der Waals surface area contributed by atoms with Gasteiger partial charge in [-0.1, -0.05) is 20.8 Å². The van der Waals surface area contributed by atoms with E-state index in [1.807, 2.05) is 20.8 Å². The zero-order valence-electron chi connectivity index (χ0n) is 11.3. The second-order valence-electron chi connectivity index (χ2n) is 4.22. The Labute approximate surface area is 111 Å². The Bertz CT molecular complexity index is 518. The van der Waals surface area contributed by atoms with Gasteiger partial charge >= 0.3 is 0 Å². The summed E-state index contributed by atoms with van der Waals surface area (Å²) in [5.74, 6) is 3.94. The van der Waals surface area contributed by atoms with E-state index < -0.39 is 0 Å². The van der Waals surface area contributed by atoms with Gasteiger partial charge in [-0.15, -0.1) is 0 Å². The van der Waals surface area contributed by atoms with Crippen molar-refractivity contribution >= 4 is 35.4 Å². The van der Waals surface area contributed by atoms with Crippen LogP contribution in [0, 0.1) is 0 Å². The van der Waals surface area contributed by atoms with Gasteiger partial charge in [0.25, 0.3) is 0 Å². The Hall–Kier alpha value is -2.18. The fraction of sp³-hybridized carbons (Fsp3) is 0.500. The molecular weight excluding hydrogens is 242 g/mol. The molecule has 3 aliphatic heterocycles. The van der Waals surface area contributed by atoms with Gasteiger partial charge in [0.1, 0.15) is 17.5 Å². The highest BCUT2D eigenvalue weighted by Crippen LogP contribution is 2.18. The summed E-state index contributed by atoms with van der Waals surface area (Å²) >= 11 is 0. The molecule has 0 atom stereocenters. The molecule has 0 fully saturated rings. The van der Waals surface area contributed by atoms with Gasteiger partial charge in [-0.2, -0.15) is 30.0 Å². The van der Waals surface area contributed by atoms with Crippen LogP contribution in [0.1, 0.15) is 40.0 Å². The Morgan fingerprint density at radius 3 is 1.16 bits per heavy atom. The molecule has 3 heterocycles. The van der Waals surface area contributed by atoms with Crippen molar-refractivity contribution < 1.29 is 0 Å². The predicted octanol–water partition coefficient (Wildman–Crippen LogP) is 1.82. The largest absolute Gasteiger partial charge is 0.243 e. The average Bonchev–Trinajstić information content (AvgIpc) is 2.46. The highest BCUT2D eigenvalue weighted by Gasteiger charge is 2.33. The lowest BCUT2D eigenvalue weighted by atomic mass is 10.3. The number of nitrogens with zero attached hydrogens (tertiary/aromatic N) is 7. The monoisotopic (exact) mass is 257 g/mol. The minimum atomic E-state index is 0.575. The molecule has 19 heavy (non-hydrogen) atoms. The van der Waals surface area contributed by atoms with E-state index in [0.717, 1.165) is 36.8 Å². The molecule has 0 radical (unpaired) electrons. The third-order valence-corrected chi connectivity index (χ3v) is 2.92. The number of rotatable bonds is 3. The van der Waals surface area contributed by atoms with Gasteiger partial charge in [-0.3, -0.25) is 0 Å². The van der Waals surface area contributed by atoms with Gasteiger partial charge in [0.2, 0.25) is 17.9 Å². The summed E-state index contributed by atoms with van der Waals surface area (Å²) in [7, 11) is 0. The van der Waals surface area contributed by atoms with Crippen LogP contribution in [-0.4, -0.2) is 40.3 Å². The molecule has 3 rings (SSSR count). The molecule has 0 aliphatic carbocycles. The Morgan fingerprint density at radius 1 is 0.579 bits per heavy atom. The fourth-order valence-electron chi connectivity index (χ4n) is 1.89. The van der Waals surface area contributed by atoms with E-state index in [1.54, 1.807) is 4.90 Å². The van der Waals surface area contributed by atoms with E-state index >= 15 is 0 Å². The molecule has 0 N–H and O–H groups in total. The Morgan fingerprint density at radius 2 is 0.895 bits per heavy atom. The summed E-state index contributed by atoms with van der Waals surface area (Å²) in [6.45, 7) is 6.04. The number of aliphatic imine (C=N–C) groups is 6. The number of amidine groups is 3. The molecule has 0 aromatic heterocycles. The molecule has 0 saturated carbocycles. The molecular formula is C12H15N7. The lowest BCUT2D eigenvalue weighted by Gasteiger charge is -2.29. The van der Waals surface area contributed by atoms with Gasteiger partial charge in [0, 0.05) is 19.3 Å². The Balaban J connectivity index is 2.15. The minimum absolute atomic E-state index is 0.575. The molecule has 0 aromatic carbocycles. The first kappa shape index (κ1) is 11.9. The molecule has 3 aliphatic rings. The maximum atomic E-state index is 4.43. The lowest BCUT2D eigenvalue weighted by Crippen LogP contribution is -2.47. The van der Waals surface area contributed by atoms with Gasteiger partial charge in [0.05, 0.1) is 0 Å². The summed E-state index contributed by atoms with van der Waals surface area (Å²) in [6, 6.07) is 0. The van der Waals surface area contributed by atoms with E-state index in [1.165, 1.54) is 0 Å². The third-order valence-electron chi connectivity index (χ3n) is 2.92. The topological polar surface area (TPSA) is 77.4 Å². The average molecular weight is 257 g/mol. The van der Waals surface area contributed by atoms with Gasteiger partial charge in [-0.25, -0.2) is 4.90 Å². The van der Waals surface area contributed by atoms with E-state index in [9.17, 15) is 0 Å². The number of guanidine groups is 3. The van der Waals surface area contributed by atoms with Crippen LogP contribution < -0.4 is 0 Å². The molecule has 0 bridgehead atoms. The summed E-state index contributed by atoms with van der Waals surface area (Å²) in [4.78, 5) is 28.3. The zero-order valence-corrected chi connectivity index (χ0v) is 11.3. The van der Waals surface area contributed by atoms with Crippen LogP contribution in [0.15, 0.2) is 30.0 Å². The van der Waals surface area contributed by atoms with Gasteiger partial charge in [-0.05, 0) is 0 Å². The van der Waals surface area contributed by atoms with Crippen molar-refractivity contribution in [1.29, 1.82) is 0 Å². The van der Waals surface area contributed by atoms with Crippen molar-refractivity contribution in [2.45, 2.75) is 40.0 Å².